The Bertz CT molecular complexity index is 164. The molecule has 2 N–H and O–H groups in total. The van der Waals surface area contributed by atoms with E-state index in [9.17, 15) is 0 Å². The zero-order chi connectivity index (χ0) is 12.3. The van der Waals surface area contributed by atoms with E-state index < -0.39 is 0 Å². The summed E-state index contributed by atoms with van der Waals surface area (Å²) in [5.41, 5.74) is 5.66. The second-order valence-corrected chi connectivity index (χ2v) is 5.53. The molecule has 1 aliphatic carbocycles. The van der Waals surface area contributed by atoms with Crippen molar-refractivity contribution in [2.24, 2.45) is 5.73 Å². The van der Waals surface area contributed by atoms with Crippen LogP contribution in [0.4, 0.5) is 0 Å². The maximum absolute atomic E-state index is 5.66. The van der Waals surface area contributed by atoms with Gasteiger partial charge in [0.2, 0.25) is 0 Å². The maximum Gasteiger partial charge on any atom is 0.00952 e. The molecule has 0 radical (unpaired) electrons. The molecular formula is C15H32N2. The number of hydrogen-bond donors (Lipinski definition) is 1. The first kappa shape index (κ1) is 15.0. The fourth-order valence-corrected chi connectivity index (χ4v) is 2.96. The van der Waals surface area contributed by atoms with E-state index in [1.807, 2.05) is 0 Å². The van der Waals surface area contributed by atoms with Gasteiger partial charge in [0.1, 0.15) is 0 Å². The minimum Gasteiger partial charge on any atom is -0.330 e. The molecule has 1 saturated carbocycles. The maximum atomic E-state index is 5.66. The summed E-state index contributed by atoms with van der Waals surface area (Å²) >= 11 is 0. The van der Waals surface area contributed by atoms with Crippen LogP contribution in [-0.4, -0.2) is 30.6 Å². The molecule has 0 atom stereocenters. The molecule has 1 fully saturated rings. The number of nitrogens with two attached hydrogens (primary N) is 1. The van der Waals surface area contributed by atoms with E-state index >= 15 is 0 Å². The van der Waals surface area contributed by atoms with E-state index in [2.05, 4.69) is 11.8 Å². The van der Waals surface area contributed by atoms with Crippen LogP contribution in [-0.2, 0) is 0 Å². The van der Waals surface area contributed by atoms with Crippen molar-refractivity contribution in [1.29, 1.82) is 0 Å². The first-order valence-electron chi connectivity index (χ1n) is 7.82. The van der Waals surface area contributed by atoms with Gasteiger partial charge in [0.25, 0.3) is 0 Å². The van der Waals surface area contributed by atoms with Crippen molar-refractivity contribution < 1.29 is 0 Å². The molecule has 0 aliphatic heterocycles. The summed E-state index contributed by atoms with van der Waals surface area (Å²) in [4.78, 5) is 2.74. The van der Waals surface area contributed by atoms with Crippen LogP contribution < -0.4 is 5.73 Å². The van der Waals surface area contributed by atoms with E-state index in [0.29, 0.717) is 0 Å². The predicted molar refractivity (Wildman–Crippen MR) is 76.3 cm³/mol. The third-order valence-corrected chi connectivity index (χ3v) is 4.04. The monoisotopic (exact) mass is 240 g/mol. The minimum absolute atomic E-state index is 0.845. The van der Waals surface area contributed by atoms with Gasteiger partial charge in [-0.25, -0.2) is 0 Å². The Labute approximate surface area is 108 Å². The van der Waals surface area contributed by atoms with Gasteiger partial charge in [0, 0.05) is 6.04 Å². The molecule has 0 amide bonds. The average molecular weight is 240 g/mol. The summed E-state index contributed by atoms with van der Waals surface area (Å²) in [7, 11) is 0. The molecule has 0 unspecified atom stereocenters. The summed E-state index contributed by atoms with van der Waals surface area (Å²) in [6.45, 7) is 5.67. The van der Waals surface area contributed by atoms with Gasteiger partial charge < -0.3 is 10.6 Å². The topological polar surface area (TPSA) is 29.3 Å². The standard InChI is InChI=1S/C15H32N2/c1-2-3-4-8-13-17(14-9-12-16)15-10-6-5-7-11-15/h15H,2-14,16H2,1H3. The fraction of sp³-hybridized carbons (Fsp3) is 1.00. The van der Waals surface area contributed by atoms with Gasteiger partial charge in [-0.15, -0.1) is 0 Å². The van der Waals surface area contributed by atoms with Crippen LogP contribution in [0.1, 0.15) is 71.1 Å². The van der Waals surface area contributed by atoms with Gasteiger partial charge in [-0.2, -0.15) is 0 Å². The summed E-state index contributed by atoms with van der Waals surface area (Å²) in [5, 5.41) is 0. The van der Waals surface area contributed by atoms with Crippen LogP contribution in [0.25, 0.3) is 0 Å². The Morgan fingerprint density at radius 1 is 0.941 bits per heavy atom. The van der Waals surface area contributed by atoms with Crippen molar-refractivity contribution in [2.75, 3.05) is 19.6 Å². The highest BCUT2D eigenvalue weighted by Crippen LogP contribution is 2.23. The molecule has 0 saturated heterocycles. The number of rotatable bonds is 9. The van der Waals surface area contributed by atoms with Crippen molar-refractivity contribution in [3.05, 3.63) is 0 Å². The van der Waals surface area contributed by atoms with E-state index in [4.69, 9.17) is 5.73 Å². The van der Waals surface area contributed by atoms with Gasteiger partial charge in [-0.1, -0.05) is 45.4 Å². The quantitative estimate of drug-likeness (QED) is 0.625. The molecule has 1 rings (SSSR count). The smallest absolute Gasteiger partial charge is 0.00952 e. The molecule has 102 valence electrons. The number of unbranched alkanes of at least 4 members (excludes halogenated alkanes) is 3. The molecule has 1 aliphatic rings. The van der Waals surface area contributed by atoms with Crippen molar-refractivity contribution in [2.45, 2.75) is 77.2 Å². The van der Waals surface area contributed by atoms with Crippen LogP contribution in [0.15, 0.2) is 0 Å². The van der Waals surface area contributed by atoms with Gasteiger partial charge >= 0.3 is 0 Å². The van der Waals surface area contributed by atoms with E-state index in [1.54, 1.807) is 0 Å². The highest BCUT2D eigenvalue weighted by Gasteiger charge is 2.19. The third kappa shape index (κ3) is 6.42. The molecular weight excluding hydrogens is 208 g/mol. The highest BCUT2D eigenvalue weighted by atomic mass is 15.1. The van der Waals surface area contributed by atoms with Crippen molar-refractivity contribution in [3.63, 3.8) is 0 Å². The molecule has 17 heavy (non-hydrogen) atoms. The van der Waals surface area contributed by atoms with Crippen LogP contribution in [0.3, 0.4) is 0 Å². The molecule has 0 heterocycles. The van der Waals surface area contributed by atoms with Crippen LogP contribution in [0.2, 0.25) is 0 Å². The first-order valence-corrected chi connectivity index (χ1v) is 7.82. The largest absolute Gasteiger partial charge is 0.330 e. The molecule has 0 bridgehead atoms. The fourth-order valence-electron chi connectivity index (χ4n) is 2.96. The lowest BCUT2D eigenvalue weighted by Crippen LogP contribution is -2.38. The van der Waals surface area contributed by atoms with Gasteiger partial charge in [-0.3, -0.25) is 0 Å². The van der Waals surface area contributed by atoms with Crippen LogP contribution in [0.5, 0.6) is 0 Å². The molecule has 0 spiro atoms. The van der Waals surface area contributed by atoms with Crippen molar-refractivity contribution >= 4 is 0 Å². The Kier molecular flexibility index (Phi) is 8.72. The summed E-state index contributed by atoms with van der Waals surface area (Å²) in [6, 6.07) is 0.872. The predicted octanol–water partition coefficient (Wildman–Crippen LogP) is 3.55. The Morgan fingerprint density at radius 3 is 2.29 bits per heavy atom. The summed E-state index contributed by atoms with van der Waals surface area (Å²) in [6.07, 6.45) is 13.9. The molecule has 2 heteroatoms. The summed E-state index contributed by atoms with van der Waals surface area (Å²) < 4.78 is 0. The number of hydrogen-bond acceptors (Lipinski definition) is 2. The van der Waals surface area contributed by atoms with Crippen LogP contribution >= 0.6 is 0 Å². The van der Waals surface area contributed by atoms with Crippen LogP contribution in [0, 0.1) is 0 Å². The van der Waals surface area contributed by atoms with Crippen molar-refractivity contribution in [1.82, 2.24) is 4.90 Å². The van der Waals surface area contributed by atoms with E-state index in [-0.39, 0.29) is 0 Å². The van der Waals surface area contributed by atoms with Crippen molar-refractivity contribution in [3.8, 4) is 0 Å². The second-order valence-electron chi connectivity index (χ2n) is 5.53. The zero-order valence-electron chi connectivity index (χ0n) is 11.8. The Balaban J connectivity index is 2.25. The normalized spacial score (nSPS) is 17.8. The Hall–Kier alpha value is -0.0800. The zero-order valence-corrected chi connectivity index (χ0v) is 11.8. The lowest BCUT2D eigenvalue weighted by Gasteiger charge is -2.34. The Morgan fingerprint density at radius 2 is 1.65 bits per heavy atom. The average Bonchev–Trinajstić information content (AvgIpc) is 2.39. The second kappa shape index (κ2) is 9.90. The number of nitrogens with zero attached hydrogens (tertiary/aromatic N) is 1. The van der Waals surface area contributed by atoms with Gasteiger partial charge in [0.05, 0.1) is 0 Å². The molecule has 0 aromatic heterocycles. The van der Waals surface area contributed by atoms with E-state index in [0.717, 1.165) is 12.6 Å². The van der Waals surface area contributed by atoms with E-state index in [1.165, 1.54) is 77.3 Å². The molecule has 0 aromatic rings. The third-order valence-electron chi connectivity index (χ3n) is 4.04. The first-order chi connectivity index (χ1) is 8.38. The SMILES string of the molecule is CCCCCCN(CCCN)C1CCCCC1. The lowest BCUT2D eigenvalue weighted by atomic mass is 9.94. The molecule has 2 nitrogen and oxygen atoms in total. The summed E-state index contributed by atoms with van der Waals surface area (Å²) in [5.74, 6) is 0. The molecule has 0 aromatic carbocycles. The highest BCUT2D eigenvalue weighted by molar-refractivity contribution is 4.76. The minimum atomic E-state index is 0.845. The van der Waals surface area contributed by atoms with Gasteiger partial charge in [0.15, 0.2) is 0 Å². The van der Waals surface area contributed by atoms with Gasteiger partial charge in [-0.05, 0) is 45.3 Å². The lowest BCUT2D eigenvalue weighted by molar-refractivity contribution is 0.152.